The summed E-state index contributed by atoms with van der Waals surface area (Å²) < 4.78 is 40.5. The Labute approximate surface area is 160 Å². The highest BCUT2D eigenvalue weighted by Gasteiger charge is 2.27. The fourth-order valence-corrected chi connectivity index (χ4v) is 4.62. The van der Waals surface area contributed by atoms with Gasteiger partial charge < -0.3 is 5.32 Å². The first kappa shape index (κ1) is 19.0. The lowest BCUT2D eigenvalue weighted by Gasteiger charge is -2.16. The van der Waals surface area contributed by atoms with Gasteiger partial charge in [-0.15, -0.1) is 0 Å². The predicted octanol–water partition coefficient (Wildman–Crippen LogP) is 3.30. The Morgan fingerprint density at radius 3 is 2.58 bits per heavy atom. The first-order chi connectivity index (χ1) is 12.4. The molecule has 1 N–H and O–H groups in total. The van der Waals surface area contributed by atoms with Gasteiger partial charge in [0.25, 0.3) is 5.91 Å². The van der Waals surface area contributed by atoms with Gasteiger partial charge in [0.2, 0.25) is 10.0 Å². The molecule has 8 heteroatoms. The minimum atomic E-state index is -3.57. The van der Waals surface area contributed by atoms with E-state index < -0.39 is 21.7 Å². The maximum Gasteiger partial charge on any atom is 0.251 e. The number of rotatable bonds is 5. The van der Waals surface area contributed by atoms with Crippen LogP contribution in [-0.4, -0.2) is 31.7 Å². The number of carbonyl (C=O) groups excluding carboxylic acids is 1. The Hall–Kier alpha value is -1.77. The normalized spacial score (nSPS) is 15.2. The number of halogens is 2. The van der Waals surface area contributed by atoms with Crippen LogP contribution in [0, 0.1) is 5.82 Å². The molecule has 2 aromatic carbocycles. The van der Waals surface area contributed by atoms with E-state index in [0.717, 1.165) is 12.8 Å². The van der Waals surface area contributed by atoms with Gasteiger partial charge in [-0.1, -0.05) is 12.1 Å². The molecule has 3 rings (SSSR count). The van der Waals surface area contributed by atoms with Crippen molar-refractivity contribution in [2.24, 2.45) is 0 Å². The highest BCUT2D eigenvalue weighted by atomic mass is 79.9. The highest BCUT2D eigenvalue weighted by Crippen LogP contribution is 2.21. The van der Waals surface area contributed by atoms with Gasteiger partial charge in [0.05, 0.1) is 9.37 Å². The molecule has 0 unspecified atom stereocenters. The Morgan fingerprint density at radius 1 is 1.15 bits per heavy atom. The molecule has 0 saturated carbocycles. The van der Waals surface area contributed by atoms with Crippen LogP contribution in [0.25, 0.3) is 0 Å². The molecule has 0 aromatic heterocycles. The molecule has 1 aliphatic heterocycles. The van der Waals surface area contributed by atoms with Gasteiger partial charge in [0.15, 0.2) is 0 Å². The number of carbonyl (C=O) groups is 1. The number of hydrogen-bond donors (Lipinski definition) is 1. The van der Waals surface area contributed by atoms with E-state index in [1.807, 2.05) is 0 Å². The molecule has 1 amide bonds. The number of amides is 1. The zero-order chi connectivity index (χ0) is 18.7. The van der Waals surface area contributed by atoms with Gasteiger partial charge in [0.1, 0.15) is 5.82 Å². The van der Waals surface area contributed by atoms with Crippen LogP contribution >= 0.6 is 15.9 Å². The highest BCUT2D eigenvalue weighted by molar-refractivity contribution is 9.10. The summed E-state index contributed by atoms with van der Waals surface area (Å²) in [6.45, 7) is 1.16. The SMILES string of the molecule is O=C(NCc1ccc(Br)c(F)c1)c1cccc(S(=O)(=O)N2CCCC2)c1. The molecule has 0 atom stereocenters. The zero-order valence-electron chi connectivity index (χ0n) is 13.9. The smallest absolute Gasteiger partial charge is 0.251 e. The molecule has 26 heavy (non-hydrogen) atoms. The molecule has 0 bridgehead atoms. The van der Waals surface area contributed by atoms with E-state index >= 15 is 0 Å². The first-order valence-corrected chi connectivity index (χ1v) is 10.4. The van der Waals surface area contributed by atoms with Gasteiger partial charge in [-0.25, -0.2) is 12.8 Å². The van der Waals surface area contributed by atoms with Crippen molar-refractivity contribution in [3.8, 4) is 0 Å². The van der Waals surface area contributed by atoms with Gasteiger partial charge in [0, 0.05) is 25.2 Å². The van der Waals surface area contributed by atoms with Crippen molar-refractivity contribution in [2.75, 3.05) is 13.1 Å². The average molecular weight is 441 g/mol. The van der Waals surface area contributed by atoms with Crippen LogP contribution in [0.4, 0.5) is 4.39 Å². The third kappa shape index (κ3) is 4.13. The number of benzene rings is 2. The molecular formula is C18H18BrFN2O3S. The van der Waals surface area contributed by atoms with Crippen molar-refractivity contribution in [3.05, 3.63) is 63.9 Å². The van der Waals surface area contributed by atoms with Crippen LogP contribution < -0.4 is 5.32 Å². The maximum absolute atomic E-state index is 13.5. The summed E-state index contributed by atoms with van der Waals surface area (Å²) in [5.74, 6) is -0.817. The molecule has 0 radical (unpaired) electrons. The summed E-state index contributed by atoms with van der Waals surface area (Å²) in [5.41, 5.74) is 0.864. The van der Waals surface area contributed by atoms with E-state index in [4.69, 9.17) is 0 Å². The standard InChI is InChI=1S/C18H18BrFN2O3S/c19-16-7-6-13(10-17(16)20)12-21-18(23)14-4-3-5-15(11-14)26(24,25)22-8-1-2-9-22/h3-7,10-11H,1-2,8-9,12H2,(H,21,23). The van der Waals surface area contributed by atoms with Gasteiger partial charge in [-0.3, -0.25) is 4.79 Å². The monoisotopic (exact) mass is 440 g/mol. The van der Waals surface area contributed by atoms with Crippen LogP contribution in [0.1, 0.15) is 28.8 Å². The molecule has 2 aromatic rings. The van der Waals surface area contributed by atoms with E-state index in [-0.39, 0.29) is 17.0 Å². The second-order valence-electron chi connectivity index (χ2n) is 6.07. The molecule has 138 valence electrons. The number of nitrogens with zero attached hydrogens (tertiary/aromatic N) is 1. The van der Waals surface area contributed by atoms with Crippen molar-refractivity contribution in [2.45, 2.75) is 24.3 Å². The topological polar surface area (TPSA) is 66.5 Å². The summed E-state index contributed by atoms with van der Waals surface area (Å²) in [4.78, 5) is 12.5. The summed E-state index contributed by atoms with van der Waals surface area (Å²) in [6, 6.07) is 10.6. The van der Waals surface area contributed by atoms with Crippen LogP contribution in [0.3, 0.4) is 0 Å². The quantitative estimate of drug-likeness (QED) is 0.775. The summed E-state index contributed by atoms with van der Waals surface area (Å²) in [7, 11) is -3.57. The summed E-state index contributed by atoms with van der Waals surface area (Å²) in [5, 5.41) is 2.68. The fraction of sp³-hybridized carbons (Fsp3) is 0.278. The second-order valence-corrected chi connectivity index (χ2v) is 8.86. The van der Waals surface area contributed by atoms with E-state index in [1.54, 1.807) is 24.3 Å². The van der Waals surface area contributed by atoms with Crippen LogP contribution in [0.2, 0.25) is 0 Å². The molecule has 0 aliphatic carbocycles. The molecule has 1 saturated heterocycles. The van der Waals surface area contributed by atoms with Crippen LogP contribution in [0.5, 0.6) is 0 Å². The Kier molecular flexibility index (Phi) is 5.74. The van der Waals surface area contributed by atoms with Crippen molar-refractivity contribution >= 4 is 31.9 Å². The number of hydrogen-bond acceptors (Lipinski definition) is 3. The molecular weight excluding hydrogens is 423 g/mol. The van der Waals surface area contributed by atoms with Gasteiger partial charge in [-0.2, -0.15) is 4.31 Å². The minimum Gasteiger partial charge on any atom is -0.348 e. The van der Waals surface area contributed by atoms with E-state index in [0.29, 0.717) is 23.1 Å². The summed E-state index contributed by atoms with van der Waals surface area (Å²) >= 11 is 3.08. The first-order valence-electron chi connectivity index (χ1n) is 8.20. The van der Waals surface area contributed by atoms with Gasteiger partial charge in [-0.05, 0) is 64.7 Å². The van der Waals surface area contributed by atoms with E-state index in [9.17, 15) is 17.6 Å². The lowest BCUT2D eigenvalue weighted by Crippen LogP contribution is -2.28. The summed E-state index contributed by atoms with van der Waals surface area (Å²) in [6.07, 6.45) is 1.70. The predicted molar refractivity (Wildman–Crippen MR) is 99.7 cm³/mol. The molecule has 1 aliphatic rings. The Bertz CT molecular complexity index is 928. The lowest BCUT2D eigenvalue weighted by atomic mass is 10.2. The average Bonchev–Trinajstić information content (AvgIpc) is 3.18. The lowest BCUT2D eigenvalue weighted by molar-refractivity contribution is 0.0950. The van der Waals surface area contributed by atoms with Crippen molar-refractivity contribution in [1.82, 2.24) is 9.62 Å². The number of sulfonamides is 1. The van der Waals surface area contributed by atoms with E-state index in [2.05, 4.69) is 21.2 Å². The second kappa shape index (κ2) is 7.85. The third-order valence-corrected chi connectivity index (χ3v) is 6.77. The van der Waals surface area contributed by atoms with Crippen LogP contribution in [-0.2, 0) is 16.6 Å². The van der Waals surface area contributed by atoms with Crippen LogP contribution in [0.15, 0.2) is 51.8 Å². The van der Waals surface area contributed by atoms with Crippen molar-refractivity contribution in [3.63, 3.8) is 0 Å². The Morgan fingerprint density at radius 2 is 1.88 bits per heavy atom. The molecule has 1 heterocycles. The van der Waals surface area contributed by atoms with E-state index in [1.165, 1.54) is 22.5 Å². The van der Waals surface area contributed by atoms with Crippen molar-refractivity contribution in [1.29, 1.82) is 0 Å². The van der Waals surface area contributed by atoms with Crippen molar-refractivity contribution < 1.29 is 17.6 Å². The van der Waals surface area contributed by atoms with Gasteiger partial charge >= 0.3 is 0 Å². The Balaban J connectivity index is 1.72. The molecule has 5 nitrogen and oxygen atoms in total. The molecule has 1 fully saturated rings. The fourth-order valence-electron chi connectivity index (χ4n) is 2.81. The zero-order valence-corrected chi connectivity index (χ0v) is 16.3. The maximum atomic E-state index is 13.5. The minimum absolute atomic E-state index is 0.113. The third-order valence-electron chi connectivity index (χ3n) is 4.24. The number of nitrogens with one attached hydrogen (secondary N) is 1. The molecule has 0 spiro atoms. The largest absolute Gasteiger partial charge is 0.348 e.